The zero-order valence-corrected chi connectivity index (χ0v) is 16.2. The Balaban J connectivity index is 0.00000225. The molecule has 1 aromatic heterocycles. The van der Waals surface area contributed by atoms with Gasteiger partial charge < -0.3 is 5.48 Å². The third-order valence-electron chi connectivity index (χ3n) is 4.32. The molecule has 0 unspecified atom stereocenters. The number of nitrogens with zero attached hydrogens (tertiary/aromatic N) is 2. The molecule has 0 amide bonds. The van der Waals surface area contributed by atoms with Gasteiger partial charge in [-0.05, 0) is 53.8 Å². The molecule has 150 valence electrons. The minimum Gasteiger partial charge on any atom is -0.412 e. The zero-order chi connectivity index (χ0) is 17.0. The summed E-state index contributed by atoms with van der Waals surface area (Å²) in [6, 6.07) is 9.62. The van der Waals surface area contributed by atoms with Gasteiger partial charge in [0.1, 0.15) is 0 Å². The number of pyridine rings is 1. The monoisotopic (exact) mass is 422 g/mol. The molecule has 0 spiro atoms. The van der Waals surface area contributed by atoms with Gasteiger partial charge in [0.25, 0.3) is 0 Å². The van der Waals surface area contributed by atoms with Crippen LogP contribution in [0.2, 0.25) is 0 Å². The molecule has 0 saturated heterocycles. The van der Waals surface area contributed by atoms with Crippen LogP contribution >= 0.6 is 24.8 Å². The fraction of sp³-hybridized carbons (Fsp3) is 0.316. The normalized spacial score (nSPS) is 14.3. The first-order chi connectivity index (χ1) is 11.5. The van der Waals surface area contributed by atoms with E-state index >= 15 is 0 Å². The molecule has 2 heterocycles. The third kappa shape index (κ3) is 7.14. The summed E-state index contributed by atoms with van der Waals surface area (Å²) in [5.74, 6) is 0. The minimum atomic E-state index is -4.29. The first-order valence-corrected chi connectivity index (χ1v) is 8.00. The lowest BCUT2D eigenvalue weighted by molar-refractivity contribution is -0.137. The van der Waals surface area contributed by atoms with Crippen LogP contribution in [0.1, 0.15) is 23.1 Å². The molecule has 0 bridgehead atoms. The zero-order valence-electron chi connectivity index (χ0n) is 14.6. The molecule has 1 aromatic carbocycles. The maximum absolute atomic E-state index is 12.8. The Kier molecular flexibility index (Phi) is 10.6. The Bertz CT molecular complexity index is 724. The molecule has 2 N–H and O–H groups in total. The van der Waals surface area contributed by atoms with E-state index in [1.807, 2.05) is 18.2 Å². The predicted octanol–water partition coefficient (Wildman–Crippen LogP) is 4.45. The van der Waals surface area contributed by atoms with Gasteiger partial charge in [-0.25, -0.2) is 0 Å². The SMILES string of the molecule is Cl.Cl.FC(F)(F)c1cccc(C2=CCN(CCc3ccncc3)CC2)c1.O. The maximum atomic E-state index is 12.8. The van der Waals surface area contributed by atoms with Gasteiger partial charge in [0.2, 0.25) is 0 Å². The van der Waals surface area contributed by atoms with E-state index in [9.17, 15) is 13.2 Å². The first kappa shape index (κ1) is 25.4. The Labute approximate surface area is 169 Å². The highest BCUT2D eigenvalue weighted by Crippen LogP contribution is 2.32. The highest BCUT2D eigenvalue weighted by molar-refractivity contribution is 5.85. The number of hydrogen-bond acceptors (Lipinski definition) is 2. The lowest BCUT2D eigenvalue weighted by Crippen LogP contribution is -2.30. The van der Waals surface area contributed by atoms with Crippen LogP contribution in [0.3, 0.4) is 0 Å². The average Bonchev–Trinajstić information content (AvgIpc) is 2.61. The molecule has 1 aliphatic heterocycles. The molecular weight excluding hydrogens is 400 g/mol. The second-order valence-electron chi connectivity index (χ2n) is 5.96. The number of alkyl halides is 3. The van der Waals surface area contributed by atoms with Crippen LogP contribution in [-0.4, -0.2) is 35.0 Å². The van der Waals surface area contributed by atoms with Crippen LogP contribution in [0, 0.1) is 0 Å². The van der Waals surface area contributed by atoms with Gasteiger partial charge in [0.05, 0.1) is 5.56 Å². The molecule has 27 heavy (non-hydrogen) atoms. The molecule has 1 aliphatic rings. The van der Waals surface area contributed by atoms with Crippen molar-refractivity contribution in [3.63, 3.8) is 0 Å². The van der Waals surface area contributed by atoms with E-state index in [4.69, 9.17) is 0 Å². The molecule has 3 rings (SSSR count). The summed E-state index contributed by atoms with van der Waals surface area (Å²) < 4.78 is 38.5. The van der Waals surface area contributed by atoms with Crippen molar-refractivity contribution < 1.29 is 18.6 Å². The van der Waals surface area contributed by atoms with Gasteiger partial charge >= 0.3 is 6.18 Å². The van der Waals surface area contributed by atoms with Crippen molar-refractivity contribution >= 4 is 30.4 Å². The number of aromatic nitrogens is 1. The average molecular weight is 423 g/mol. The molecule has 0 aliphatic carbocycles. The van der Waals surface area contributed by atoms with Crippen LogP contribution < -0.4 is 0 Å². The Morgan fingerprint density at radius 2 is 1.74 bits per heavy atom. The summed E-state index contributed by atoms with van der Waals surface area (Å²) in [7, 11) is 0. The van der Waals surface area contributed by atoms with Crippen molar-refractivity contribution in [2.75, 3.05) is 19.6 Å². The van der Waals surface area contributed by atoms with Crippen molar-refractivity contribution in [2.24, 2.45) is 0 Å². The van der Waals surface area contributed by atoms with E-state index in [2.05, 4.69) is 9.88 Å². The second-order valence-corrected chi connectivity index (χ2v) is 5.96. The van der Waals surface area contributed by atoms with Gasteiger partial charge in [0.15, 0.2) is 0 Å². The van der Waals surface area contributed by atoms with E-state index in [-0.39, 0.29) is 30.3 Å². The third-order valence-corrected chi connectivity index (χ3v) is 4.32. The predicted molar refractivity (Wildman–Crippen MR) is 107 cm³/mol. The van der Waals surface area contributed by atoms with Crippen LogP contribution in [0.5, 0.6) is 0 Å². The largest absolute Gasteiger partial charge is 0.416 e. The van der Waals surface area contributed by atoms with E-state index in [1.165, 1.54) is 17.7 Å². The van der Waals surface area contributed by atoms with Crippen molar-refractivity contribution in [3.05, 3.63) is 71.6 Å². The number of halogens is 5. The molecule has 8 heteroatoms. The fourth-order valence-electron chi connectivity index (χ4n) is 2.91. The summed E-state index contributed by atoms with van der Waals surface area (Å²) in [5.41, 5.74) is 2.35. The van der Waals surface area contributed by atoms with Gasteiger partial charge in [0, 0.05) is 32.0 Å². The van der Waals surface area contributed by atoms with Crippen molar-refractivity contribution in [3.8, 4) is 0 Å². The van der Waals surface area contributed by atoms with E-state index in [1.54, 1.807) is 18.5 Å². The lowest BCUT2D eigenvalue weighted by atomic mass is 9.97. The lowest BCUT2D eigenvalue weighted by Gasteiger charge is -2.26. The standard InChI is InChI=1S/C19H19F3N2.2ClH.H2O/c20-19(21,22)18-3-1-2-17(14-18)16-7-12-24(13-8-16)11-6-15-4-9-23-10-5-15;;;/h1-5,7,9-10,14H,6,8,11-13H2;2*1H;1H2. The molecule has 0 fully saturated rings. The van der Waals surface area contributed by atoms with Crippen LogP contribution in [0.15, 0.2) is 54.9 Å². The maximum Gasteiger partial charge on any atom is 0.416 e. The van der Waals surface area contributed by atoms with Crippen molar-refractivity contribution in [2.45, 2.75) is 19.0 Å². The molecular formula is C19H23Cl2F3N2O. The Hall–Kier alpha value is -1.60. The van der Waals surface area contributed by atoms with E-state index < -0.39 is 11.7 Å². The minimum absolute atomic E-state index is 0. The van der Waals surface area contributed by atoms with Crippen molar-refractivity contribution in [1.29, 1.82) is 0 Å². The summed E-state index contributed by atoms with van der Waals surface area (Å²) in [6.45, 7) is 2.58. The fourth-order valence-corrected chi connectivity index (χ4v) is 2.91. The molecule has 0 saturated carbocycles. The van der Waals surface area contributed by atoms with Crippen LogP contribution in [-0.2, 0) is 12.6 Å². The summed E-state index contributed by atoms with van der Waals surface area (Å²) in [5, 5.41) is 0. The number of rotatable bonds is 4. The summed E-state index contributed by atoms with van der Waals surface area (Å²) in [4.78, 5) is 6.32. The number of benzene rings is 1. The first-order valence-electron chi connectivity index (χ1n) is 8.00. The quantitative estimate of drug-likeness (QED) is 0.730. The van der Waals surface area contributed by atoms with Gasteiger partial charge in [-0.15, -0.1) is 24.8 Å². The van der Waals surface area contributed by atoms with Crippen LogP contribution in [0.4, 0.5) is 13.2 Å². The molecule has 2 aromatic rings. The summed E-state index contributed by atoms with van der Waals surface area (Å²) >= 11 is 0. The van der Waals surface area contributed by atoms with Gasteiger partial charge in [-0.2, -0.15) is 13.2 Å². The van der Waals surface area contributed by atoms with Crippen molar-refractivity contribution in [1.82, 2.24) is 9.88 Å². The Morgan fingerprint density at radius 1 is 1.04 bits per heavy atom. The van der Waals surface area contributed by atoms with E-state index in [0.717, 1.165) is 44.1 Å². The van der Waals surface area contributed by atoms with Crippen LogP contribution in [0.25, 0.3) is 5.57 Å². The highest BCUT2D eigenvalue weighted by atomic mass is 35.5. The second kappa shape index (κ2) is 11.3. The number of hydrogen-bond donors (Lipinski definition) is 0. The van der Waals surface area contributed by atoms with E-state index in [0.29, 0.717) is 5.56 Å². The molecule has 0 radical (unpaired) electrons. The highest BCUT2D eigenvalue weighted by Gasteiger charge is 2.30. The topological polar surface area (TPSA) is 47.6 Å². The smallest absolute Gasteiger partial charge is 0.412 e. The Morgan fingerprint density at radius 3 is 2.33 bits per heavy atom. The summed E-state index contributed by atoms with van der Waals surface area (Å²) in [6.07, 6.45) is 3.06. The molecule has 3 nitrogen and oxygen atoms in total. The molecule has 0 atom stereocenters. The van der Waals surface area contributed by atoms with Gasteiger partial charge in [-0.3, -0.25) is 9.88 Å². The van der Waals surface area contributed by atoms with Gasteiger partial charge in [-0.1, -0.05) is 18.2 Å².